The summed E-state index contributed by atoms with van der Waals surface area (Å²) in [6.07, 6.45) is 1.79. The second kappa shape index (κ2) is 7.90. The highest BCUT2D eigenvalue weighted by atomic mass is 32.2. The van der Waals surface area contributed by atoms with E-state index in [-0.39, 0.29) is 4.90 Å². The van der Waals surface area contributed by atoms with Crippen molar-refractivity contribution < 1.29 is 17.3 Å². The molecule has 1 aromatic heterocycles. The quantitative estimate of drug-likeness (QED) is 0.679. The Balaban J connectivity index is 0.000000174. The van der Waals surface area contributed by atoms with Gasteiger partial charge in [-0.1, -0.05) is 23.8 Å². The molecule has 0 saturated carbocycles. The van der Waals surface area contributed by atoms with Crippen molar-refractivity contribution in [2.45, 2.75) is 11.8 Å². The molecule has 2 aromatic carbocycles. The number of ether oxygens (including phenoxy) is 1. The van der Waals surface area contributed by atoms with Crippen molar-refractivity contribution in [2.24, 2.45) is 0 Å². The van der Waals surface area contributed by atoms with Crippen LogP contribution in [0.25, 0.3) is 10.9 Å². The summed E-state index contributed by atoms with van der Waals surface area (Å²) >= 11 is 0. The molecule has 0 aliphatic rings. The number of nitrogens with zero attached hydrogens (tertiary/aromatic N) is 1. The summed E-state index contributed by atoms with van der Waals surface area (Å²) in [5.74, 6) is 0.871. The normalized spacial score (nSPS) is 10.8. The Hall–Kier alpha value is -2.44. The molecule has 3 aromatic rings. The Morgan fingerprint density at radius 3 is 2.29 bits per heavy atom. The number of benzene rings is 2. The van der Waals surface area contributed by atoms with Gasteiger partial charge in [0.05, 0.1) is 24.6 Å². The number of rotatable bonds is 3. The third kappa shape index (κ3) is 4.53. The van der Waals surface area contributed by atoms with E-state index in [9.17, 15) is 8.42 Å². The fourth-order valence-electron chi connectivity index (χ4n) is 1.98. The summed E-state index contributed by atoms with van der Waals surface area (Å²) in [5, 5.41) is 1.11. The average molecular weight is 345 g/mol. The Bertz CT molecular complexity index is 906. The Morgan fingerprint density at radius 2 is 1.67 bits per heavy atom. The molecule has 0 saturated heterocycles. The number of aryl methyl sites for hydroxylation is 1. The van der Waals surface area contributed by atoms with Crippen LogP contribution in [0.15, 0.2) is 65.7 Å². The summed E-state index contributed by atoms with van der Waals surface area (Å²) in [5.41, 5.74) is 2.02. The van der Waals surface area contributed by atoms with Crippen LogP contribution >= 0.6 is 0 Å². The van der Waals surface area contributed by atoms with Crippen LogP contribution < -0.4 is 4.74 Å². The van der Waals surface area contributed by atoms with E-state index in [1.165, 1.54) is 12.1 Å². The molecule has 0 bridgehead atoms. The Morgan fingerprint density at radius 1 is 0.958 bits per heavy atom. The zero-order chi connectivity index (χ0) is 17.6. The first-order valence-electron chi connectivity index (χ1n) is 7.22. The number of pyridine rings is 1. The number of fused-ring (bicyclic) bond motifs is 1. The molecule has 0 amide bonds. The molecule has 0 aliphatic carbocycles. The lowest BCUT2D eigenvalue weighted by Gasteiger charge is -2.00. The predicted octanol–water partition coefficient (Wildman–Crippen LogP) is 3.57. The molecular weight excluding hydrogens is 326 g/mol. The molecular formula is C18H19NO4S. The van der Waals surface area contributed by atoms with Crippen LogP contribution in [0, 0.1) is 6.92 Å². The monoisotopic (exact) mass is 345 g/mol. The molecule has 6 heteroatoms. The van der Waals surface area contributed by atoms with Crippen molar-refractivity contribution in [3.63, 3.8) is 0 Å². The van der Waals surface area contributed by atoms with Gasteiger partial charge < -0.3 is 4.74 Å². The topological polar surface area (TPSA) is 65.5 Å². The van der Waals surface area contributed by atoms with Crippen LogP contribution in [0.3, 0.4) is 0 Å². The maximum Gasteiger partial charge on any atom is 0.296 e. The third-order valence-electron chi connectivity index (χ3n) is 3.34. The van der Waals surface area contributed by atoms with E-state index in [2.05, 4.69) is 9.17 Å². The average Bonchev–Trinajstić information content (AvgIpc) is 2.62. The van der Waals surface area contributed by atoms with E-state index in [1.807, 2.05) is 37.3 Å². The van der Waals surface area contributed by atoms with E-state index < -0.39 is 10.1 Å². The molecule has 0 spiro atoms. The van der Waals surface area contributed by atoms with Crippen molar-refractivity contribution >= 4 is 21.0 Å². The summed E-state index contributed by atoms with van der Waals surface area (Å²) in [7, 11) is -0.703. The molecule has 3 rings (SSSR count). The van der Waals surface area contributed by atoms with Gasteiger partial charge in [0, 0.05) is 11.6 Å². The van der Waals surface area contributed by atoms with Gasteiger partial charge >= 0.3 is 0 Å². The highest BCUT2D eigenvalue weighted by Crippen LogP contribution is 2.18. The van der Waals surface area contributed by atoms with E-state index in [0.717, 1.165) is 29.3 Å². The minimum atomic E-state index is -3.51. The predicted molar refractivity (Wildman–Crippen MR) is 93.7 cm³/mol. The van der Waals surface area contributed by atoms with Gasteiger partial charge in [-0.05, 0) is 43.3 Å². The van der Waals surface area contributed by atoms with E-state index in [0.29, 0.717) is 0 Å². The molecule has 1 heterocycles. The first-order chi connectivity index (χ1) is 11.5. The molecule has 0 N–H and O–H groups in total. The van der Waals surface area contributed by atoms with Gasteiger partial charge in [-0.15, -0.1) is 0 Å². The molecule has 0 radical (unpaired) electrons. The first-order valence-corrected chi connectivity index (χ1v) is 8.63. The number of methoxy groups -OCH3 is 1. The van der Waals surface area contributed by atoms with Gasteiger partial charge in [0.1, 0.15) is 5.75 Å². The minimum Gasteiger partial charge on any atom is -0.497 e. The Kier molecular flexibility index (Phi) is 5.89. The van der Waals surface area contributed by atoms with Crippen molar-refractivity contribution in [3.8, 4) is 5.75 Å². The summed E-state index contributed by atoms with van der Waals surface area (Å²) in [6, 6.07) is 16.3. The lowest BCUT2D eigenvalue weighted by molar-refractivity contribution is 0.398. The van der Waals surface area contributed by atoms with Gasteiger partial charge in [-0.3, -0.25) is 9.17 Å². The largest absolute Gasteiger partial charge is 0.497 e. The van der Waals surface area contributed by atoms with Gasteiger partial charge in [0.15, 0.2) is 0 Å². The molecule has 24 heavy (non-hydrogen) atoms. The minimum absolute atomic E-state index is 0.190. The van der Waals surface area contributed by atoms with Crippen molar-refractivity contribution in [2.75, 3.05) is 14.2 Å². The van der Waals surface area contributed by atoms with Crippen LogP contribution in [0.4, 0.5) is 0 Å². The second-order valence-corrected chi connectivity index (χ2v) is 6.71. The fourth-order valence-corrected chi connectivity index (χ4v) is 2.64. The van der Waals surface area contributed by atoms with Crippen molar-refractivity contribution in [1.29, 1.82) is 0 Å². The maximum atomic E-state index is 11.1. The van der Waals surface area contributed by atoms with E-state index in [4.69, 9.17) is 4.74 Å². The van der Waals surface area contributed by atoms with Crippen LogP contribution in [-0.4, -0.2) is 27.6 Å². The highest BCUT2D eigenvalue weighted by Gasteiger charge is 2.11. The number of hydrogen-bond acceptors (Lipinski definition) is 5. The molecule has 0 unspecified atom stereocenters. The molecule has 0 atom stereocenters. The molecule has 126 valence electrons. The van der Waals surface area contributed by atoms with Gasteiger partial charge in [0.2, 0.25) is 0 Å². The van der Waals surface area contributed by atoms with Crippen LogP contribution in [0.5, 0.6) is 5.75 Å². The number of aromatic nitrogens is 1. The molecule has 0 fully saturated rings. The summed E-state index contributed by atoms with van der Waals surface area (Å²) in [4.78, 5) is 4.39. The Labute approximate surface area is 142 Å². The molecule has 5 nitrogen and oxygen atoms in total. The van der Waals surface area contributed by atoms with Gasteiger partial charge in [0.25, 0.3) is 10.1 Å². The third-order valence-corrected chi connectivity index (χ3v) is 4.63. The summed E-state index contributed by atoms with van der Waals surface area (Å²) < 4.78 is 31.6. The second-order valence-electron chi connectivity index (χ2n) is 5.00. The zero-order valence-electron chi connectivity index (χ0n) is 13.8. The van der Waals surface area contributed by atoms with E-state index in [1.54, 1.807) is 25.4 Å². The van der Waals surface area contributed by atoms with Crippen LogP contribution in [-0.2, 0) is 14.3 Å². The fraction of sp³-hybridized carbons (Fsp3) is 0.167. The van der Waals surface area contributed by atoms with E-state index >= 15 is 0 Å². The molecule has 0 aliphatic heterocycles. The maximum absolute atomic E-state index is 11.1. The SMILES string of the molecule is COS(=O)(=O)c1ccc(C)cc1.COc1ccc2ncccc2c1. The van der Waals surface area contributed by atoms with Crippen molar-refractivity contribution in [3.05, 3.63) is 66.4 Å². The first kappa shape index (κ1) is 17.9. The lowest BCUT2D eigenvalue weighted by atomic mass is 10.2. The summed E-state index contributed by atoms with van der Waals surface area (Å²) in [6.45, 7) is 1.89. The number of hydrogen-bond donors (Lipinski definition) is 0. The zero-order valence-corrected chi connectivity index (χ0v) is 14.6. The lowest BCUT2D eigenvalue weighted by Crippen LogP contribution is -2.02. The van der Waals surface area contributed by atoms with Gasteiger partial charge in [-0.25, -0.2) is 0 Å². The smallest absolute Gasteiger partial charge is 0.296 e. The van der Waals surface area contributed by atoms with Gasteiger partial charge in [-0.2, -0.15) is 8.42 Å². The highest BCUT2D eigenvalue weighted by molar-refractivity contribution is 7.86. The van der Waals surface area contributed by atoms with Crippen LogP contribution in [0.1, 0.15) is 5.56 Å². The standard InChI is InChI=1S/C10H9NO.C8H10O3S/c1-12-9-4-5-10-8(7-9)3-2-6-11-10;1-7-3-5-8(6-4-7)12(9,10)11-2/h2-7H,1H3;3-6H,1-2H3. The van der Waals surface area contributed by atoms with Crippen LogP contribution in [0.2, 0.25) is 0 Å². The van der Waals surface area contributed by atoms with Crippen molar-refractivity contribution in [1.82, 2.24) is 4.98 Å².